The molecular formula is C38H37Cl2F2N3O7. The zero-order valence-electron chi connectivity index (χ0n) is 28.4. The Balaban J connectivity index is 1.44. The number of nitrogens with zero attached hydrogens (tertiary/aromatic N) is 3. The zero-order valence-corrected chi connectivity index (χ0v) is 29.9. The number of rotatable bonds is 12. The SMILES string of the molecule is COc1ccc([C@H](Cc2c(Cl)c[n+](O)cc2Cl)c2cc(CN(C(=O)O[C@H]3CN4CCC3CC4)c3cccc(C(F)F)c3)ccc2C(=O)[O-])cc1OC. The molecule has 10 nitrogen and oxygen atoms in total. The lowest BCUT2D eigenvalue weighted by atomic mass is 9.82. The lowest BCUT2D eigenvalue weighted by molar-refractivity contribution is -0.904. The number of hydrogen-bond donors (Lipinski definition) is 1. The molecular weight excluding hydrogens is 719 g/mol. The number of carboxylic acids is 1. The number of alkyl halides is 2. The van der Waals surface area contributed by atoms with E-state index in [0.29, 0.717) is 40.3 Å². The van der Waals surface area contributed by atoms with E-state index in [-0.39, 0.29) is 51.8 Å². The second-order valence-electron chi connectivity index (χ2n) is 12.9. The standard InChI is InChI=1S/C38H37Cl2F2N3O7/c1-50-33-9-7-24(16-34(33)51-2)28(17-30-31(39)19-44(49)20-32(30)40)29-14-22(6-8-27(29)37(46)47)18-45(26-5-3-4-25(15-26)36(41)42)38(48)52-35-21-43-12-10-23(35)11-13-43/h3-9,14-16,19-20,23,28,35-36H,10-13,17-18,21H2,1-2H3,(H-,46,47,49)/t28-,35-/m0/s1. The van der Waals surface area contributed by atoms with Gasteiger partial charge in [-0.05, 0) is 79.2 Å². The molecule has 3 aliphatic heterocycles. The number of carboxylic acid groups (broad SMARTS) is 1. The summed E-state index contributed by atoms with van der Waals surface area (Å²) in [6.07, 6.45) is 0.572. The van der Waals surface area contributed by atoms with Crippen LogP contribution in [0.1, 0.15) is 63.4 Å². The number of ether oxygens (including phenoxy) is 3. The van der Waals surface area contributed by atoms with Crippen molar-refractivity contribution >= 4 is 41.0 Å². The van der Waals surface area contributed by atoms with Gasteiger partial charge < -0.3 is 24.1 Å². The summed E-state index contributed by atoms with van der Waals surface area (Å²) in [5, 5.41) is 22.9. The maximum atomic E-state index is 14.0. The molecule has 2 bridgehead atoms. The van der Waals surface area contributed by atoms with Crippen LogP contribution in [0.3, 0.4) is 0 Å². The monoisotopic (exact) mass is 755 g/mol. The highest BCUT2D eigenvalue weighted by Gasteiger charge is 2.38. The van der Waals surface area contributed by atoms with Gasteiger partial charge in [0.2, 0.25) is 12.4 Å². The normalized spacial score (nSPS) is 18.6. The van der Waals surface area contributed by atoms with Crippen LogP contribution >= 0.6 is 23.2 Å². The lowest BCUT2D eigenvalue weighted by Crippen LogP contribution is -2.53. The molecule has 1 N–H and O–H groups in total. The Kier molecular flexibility index (Phi) is 11.4. The van der Waals surface area contributed by atoms with Crippen LogP contribution in [-0.4, -0.2) is 62.1 Å². The Bertz CT molecular complexity index is 1930. The third kappa shape index (κ3) is 8.04. The third-order valence-electron chi connectivity index (χ3n) is 9.84. The summed E-state index contributed by atoms with van der Waals surface area (Å²) in [4.78, 5) is 30.2. The van der Waals surface area contributed by atoms with Gasteiger partial charge in [0.15, 0.2) is 11.5 Å². The Labute approximate surface area is 309 Å². The molecule has 274 valence electrons. The van der Waals surface area contributed by atoms with E-state index < -0.39 is 24.4 Å². The average molecular weight is 757 g/mol. The first kappa shape index (κ1) is 37.1. The maximum absolute atomic E-state index is 14.0. The number of hydrogen-bond acceptors (Lipinski definition) is 8. The number of benzene rings is 3. The highest BCUT2D eigenvalue weighted by atomic mass is 35.5. The largest absolute Gasteiger partial charge is 0.545 e. The van der Waals surface area contributed by atoms with Crippen LogP contribution in [0.25, 0.3) is 0 Å². The molecule has 0 radical (unpaired) electrons. The number of piperidine rings is 3. The van der Waals surface area contributed by atoms with E-state index >= 15 is 0 Å². The van der Waals surface area contributed by atoms with Crippen molar-refractivity contribution in [1.29, 1.82) is 0 Å². The summed E-state index contributed by atoms with van der Waals surface area (Å²) in [6, 6.07) is 15.2. The van der Waals surface area contributed by atoms with Crippen molar-refractivity contribution in [1.82, 2.24) is 4.90 Å². The average Bonchev–Trinajstić information content (AvgIpc) is 3.13. The fourth-order valence-electron chi connectivity index (χ4n) is 7.11. The second-order valence-corrected chi connectivity index (χ2v) is 13.7. The number of anilines is 1. The summed E-state index contributed by atoms with van der Waals surface area (Å²) < 4.78 is 45.5. The van der Waals surface area contributed by atoms with Gasteiger partial charge >= 0.3 is 6.09 Å². The maximum Gasteiger partial charge on any atom is 0.414 e. The molecule has 3 saturated heterocycles. The Morgan fingerprint density at radius 3 is 2.31 bits per heavy atom. The third-order valence-corrected chi connectivity index (χ3v) is 10.5. The van der Waals surface area contributed by atoms with Crippen molar-refractivity contribution in [2.75, 3.05) is 38.8 Å². The van der Waals surface area contributed by atoms with E-state index in [2.05, 4.69) is 4.90 Å². The quantitative estimate of drug-likeness (QED) is 0.130. The van der Waals surface area contributed by atoms with Crippen LogP contribution in [-0.2, 0) is 17.7 Å². The zero-order chi connectivity index (χ0) is 37.1. The predicted molar refractivity (Wildman–Crippen MR) is 187 cm³/mol. The number of aromatic nitrogens is 1. The topological polar surface area (TPSA) is 115 Å². The van der Waals surface area contributed by atoms with E-state index in [1.807, 2.05) is 0 Å². The van der Waals surface area contributed by atoms with Crippen molar-refractivity contribution in [3.05, 3.63) is 116 Å². The van der Waals surface area contributed by atoms with Crippen LogP contribution in [0.5, 0.6) is 11.5 Å². The first-order valence-electron chi connectivity index (χ1n) is 16.7. The molecule has 0 aliphatic carbocycles. The van der Waals surface area contributed by atoms with Crippen molar-refractivity contribution in [3.8, 4) is 11.5 Å². The Morgan fingerprint density at radius 2 is 1.69 bits per heavy atom. The molecule has 4 aromatic rings. The predicted octanol–water partition coefficient (Wildman–Crippen LogP) is 6.45. The van der Waals surface area contributed by atoms with Gasteiger partial charge in [-0.25, -0.2) is 13.6 Å². The molecule has 52 heavy (non-hydrogen) atoms. The van der Waals surface area contributed by atoms with Gasteiger partial charge in [0.05, 0.1) is 26.7 Å². The Morgan fingerprint density at radius 1 is 0.981 bits per heavy atom. The van der Waals surface area contributed by atoms with Gasteiger partial charge in [-0.2, -0.15) is 0 Å². The fourth-order valence-corrected chi connectivity index (χ4v) is 7.72. The number of methoxy groups -OCH3 is 2. The fraction of sp³-hybridized carbons (Fsp3) is 0.342. The van der Waals surface area contributed by atoms with Crippen molar-refractivity contribution in [2.45, 2.75) is 44.3 Å². The van der Waals surface area contributed by atoms with Gasteiger partial charge in [-0.3, -0.25) is 15.0 Å². The van der Waals surface area contributed by atoms with Gasteiger partial charge in [-0.1, -0.05) is 59.6 Å². The Hall–Kier alpha value is -4.65. The first-order chi connectivity index (χ1) is 24.9. The van der Waals surface area contributed by atoms with E-state index in [9.17, 15) is 28.7 Å². The summed E-state index contributed by atoms with van der Waals surface area (Å²) in [6.45, 7) is 2.34. The van der Waals surface area contributed by atoms with E-state index in [1.165, 1.54) is 55.8 Å². The number of carbonyl (C=O) groups is 2. The molecule has 3 aromatic carbocycles. The molecule has 1 amide bonds. The van der Waals surface area contributed by atoms with E-state index in [4.69, 9.17) is 37.4 Å². The number of halogens is 4. The molecule has 7 rings (SSSR count). The van der Waals surface area contributed by atoms with Crippen LogP contribution in [0.2, 0.25) is 10.0 Å². The van der Waals surface area contributed by atoms with Crippen molar-refractivity contribution < 1.29 is 47.6 Å². The van der Waals surface area contributed by atoms with Gasteiger partial charge in [0, 0.05) is 39.6 Å². The second kappa shape index (κ2) is 15.9. The van der Waals surface area contributed by atoms with Crippen LogP contribution in [0, 0.1) is 5.92 Å². The van der Waals surface area contributed by atoms with Gasteiger partial charge in [-0.15, -0.1) is 0 Å². The molecule has 3 fully saturated rings. The van der Waals surface area contributed by atoms with Gasteiger partial charge in [0.1, 0.15) is 16.1 Å². The number of fused-ring (bicyclic) bond motifs is 3. The van der Waals surface area contributed by atoms with E-state index in [0.717, 1.165) is 30.7 Å². The van der Waals surface area contributed by atoms with Crippen LogP contribution in [0.4, 0.5) is 19.3 Å². The van der Waals surface area contributed by atoms with Crippen LogP contribution in [0.15, 0.2) is 73.1 Å². The molecule has 0 spiro atoms. The summed E-state index contributed by atoms with van der Waals surface area (Å²) in [5.74, 6) is -1.16. The van der Waals surface area contributed by atoms with Crippen molar-refractivity contribution in [2.24, 2.45) is 5.92 Å². The summed E-state index contributed by atoms with van der Waals surface area (Å²) in [5.41, 5.74) is 1.61. The molecule has 4 heterocycles. The van der Waals surface area contributed by atoms with Crippen molar-refractivity contribution in [3.63, 3.8) is 0 Å². The molecule has 0 unspecified atom stereocenters. The smallest absolute Gasteiger partial charge is 0.414 e. The first-order valence-corrected chi connectivity index (χ1v) is 17.4. The number of amides is 1. The van der Waals surface area contributed by atoms with Gasteiger partial charge in [0.25, 0.3) is 6.43 Å². The molecule has 14 heteroatoms. The highest BCUT2D eigenvalue weighted by molar-refractivity contribution is 6.35. The molecule has 0 saturated carbocycles. The summed E-state index contributed by atoms with van der Waals surface area (Å²) >= 11 is 13.1. The minimum Gasteiger partial charge on any atom is -0.545 e. The molecule has 3 aliphatic rings. The number of carbonyl (C=O) groups excluding carboxylic acids is 2. The van der Waals surface area contributed by atoms with E-state index in [1.54, 1.807) is 36.4 Å². The lowest BCUT2D eigenvalue weighted by Gasteiger charge is -2.44. The number of pyridine rings is 1. The molecule has 2 atom stereocenters. The highest BCUT2D eigenvalue weighted by Crippen LogP contribution is 2.39. The minimum atomic E-state index is -2.77. The minimum absolute atomic E-state index is 0.0689. The van der Waals surface area contributed by atoms with Crippen LogP contribution < -0.4 is 24.2 Å². The molecule has 1 aromatic heterocycles. The number of aromatic carboxylic acids is 1. The summed E-state index contributed by atoms with van der Waals surface area (Å²) in [7, 11) is 2.96.